The Kier molecular flexibility index (Phi) is 3.33. The van der Waals surface area contributed by atoms with E-state index in [1.54, 1.807) is 16.8 Å². The van der Waals surface area contributed by atoms with E-state index < -0.39 is 0 Å². The molecule has 2 aromatic rings. The Morgan fingerprint density at radius 1 is 1.41 bits per heavy atom. The van der Waals surface area contributed by atoms with Gasteiger partial charge in [-0.25, -0.2) is 4.98 Å². The molecule has 1 atom stereocenters. The van der Waals surface area contributed by atoms with Gasteiger partial charge in [0.05, 0.1) is 21.6 Å². The maximum absolute atomic E-state index is 12.4. The molecular weight excluding hydrogens is 298 g/mol. The zero-order chi connectivity index (χ0) is 15.1. The maximum Gasteiger partial charge on any atom is 0.229 e. The van der Waals surface area contributed by atoms with Gasteiger partial charge >= 0.3 is 0 Å². The van der Waals surface area contributed by atoms with Crippen LogP contribution in [0.15, 0.2) is 23.7 Å². The third-order valence-corrected chi connectivity index (χ3v) is 5.17. The first kappa shape index (κ1) is 13.7. The lowest BCUT2D eigenvalue weighted by atomic mass is 10.1. The van der Waals surface area contributed by atoms with Crippen molar-refractivity contribution in [1.82, 2.24) is 9.88 Å². The number of aromatic nitrogens is 1. The quantitative estimate of drug-likeness (QED) is 0.943. The van der Waals surface area contributed by atoms with Gasteiger partial charge in [0.15, 0.2) is 0 Å². The monoisotopic (exact) mass is 315 g/mol. The predicted octanol–water partition coefficient (Wildman–Crippen LogP) is 2.49. The fourth-order valence-electron chi connectivity index (χ4n) is 2.92. The van der Waals surface area contributed by atoms with Gasteiger partial charge in [-0.1, -0.05) is 0 Å². The van der Waals surface area contributed by atoms with Gasteiger partial charge in [0, 0.05) is 25.2 Å². The molecule has 0 unspecified atom stereocenters. The molecule has 0 bridgehead atoms. The molecule has 6 heteroatoms. The molecule has 1 aliphatic heterocycles. The van der Waals surface area contributed by atoms with Crippen LogP contribution in [0, 0.1) is 11.8 Å². The molecule has 1 aromatic heterocycles. The van der Waals surface area contributed by atoms with E-state index in [0.717, 1.165) is 22.4 Å². The third kappa shape index (κ3) is 2.70. The number of carbonyl (C=O) groups is 2. The number of hydrogen-bond donors (Lipinski definition) is 1. The van der Waals surface area contributed by atoms with Crippen LogP contribution in [0.4, 0.5) is 5.69 Å². The first-order chi connectivity index (χ1) is 10.7. The standard InChI is InChI=1S/C16H17N3O2S/c20-15-5-11(8-19(15)7-10-1-2-10)16(21)18-12-3-4-14-13(6-12)17-9-22-14/h3-4,6,9-11H,1-2,5,7-8H2,(H,18,21)/t11-/m1/s1. The van der Waals surface area contributed by atoms with Crippen LogP contribution in [0.1, 0.15) is 19.3 Å². The Hall–Kier alpha value is -1.95. The van der Waals surface area contributed by atoms with Crippen LogP contribution in [0.2, 0.25) is 0 Å². The first-order valence-electron chi connectivity index (χ1n) is 7.61. The van der Waals surface area contributed by atoms with E-state index in [0.29, 0.717) is 18.9 Å². The van der Waals surface area contributed by atoms with Crippen molar-refractivity contribution in [2.24, 2.45) is 11.8 Å². The molecule has 1 saturated heterocycles. The van der Waals surface area contributed by atoms with E-state index in [4.69, 9.17) is 0 Å². The average molecular weight is 315 g/mol. The largest absolute Gasteiger partial charge is 0.342 e. The lowest BCUT2D eigenvalue weighted by Gasteiger charge is -2.16. The highest BCUT2D eigenvalue weighted by Crippen LogP contribution is 2.32. The number of rotatable bonds is 4. The molecule has 114 valence electrons. The van der Waals surface area contributed by atoms with Crippen molar-refractivity contribution in [3.05, 3.63) is 23.7 Å². The van der Waals surface area contributed by atoms with Crippen LogP contribution in [0.25, 0.3) is 10.2 Å². The first-order valence-corrected chi connectivity index (χ1v) is 8.49. The summed E-state index contributed by atoms with van der Waals surface area (Å²) in [5.41, 5.74) is 3.43. The van der Waals surface area contributed by atoms with Crippen molar-refractivity contribution in [1.29, 1.82) is 0 Å². The maximum atomic E-state index is 12.4. The van der Waals surface area contributed by atoms with Crippen molar-refractivity contribution in [2.45, 2.75) is 19.3 Å². The zero-order valence-electron chi connectivity index (χ0n) is 12.1. The summed E-state index contributed by atoms with van der Waals surface area (Å²) in [4.78, 5) is 30.5. The lowest BCUT2D eigenvalue weighted by Crippen LogP contribution is -2.29. The number of likely N-dealkylation sites (tertiary alicyclic amines) is 1. The van der Waals surface area contributed by atoms with Gasteiger partial charge in [-0.3, -0.25) is 9.59 Å². The normalized spacial score (nSPS) is 21.5. The Morgan fingerprint density at radius 3 is 3.09 bits per heavy atom. The summed E-state index contributed by atoms with van der Waals surface area (Å²) in [5, 5.41) is 2.92. The fourth-order valence-corrected chi connectivity index (χ4v) is 3.58. The highest BCUT2D eigenvalue weighted by Gasteiger charge is 2.37. The predicted molar refractivity (Wildman–Crippen MR) is 85.7 cm³/mol. The average Bonchev–Trinajstić information content (AvgIpc) is 3.06. The smallest absolute Gasteiger partial charge is 0.229 e. The topological polar surface area (TPSA) is 62.3 Å². The van der Waals surface area contributed by atoms with Gasteiger partial charge in [0.25, 0.3) is 0 Å². The van der Waals surface area contributed by atoms with E-state index in [9.17, 15) is 9.59 Å². The summed E-state index contributed by atoms with van der Waals surface area (Å²) >= 11 is 1.58. The van der Waals surface area contributed by atoms with Crippen LogP contribution in [0.5, 0.6) is 0 Å². The van der Waals surface area contributed by atoms with Gasteiger partial charge in [-0.15, -0.1) is 11.3 Å². The molecule has 2 amide bonds. The molecule has 5 nitrogen and oxygen atoms in total. The number of carbonyl (C=O) groups excluding carboxylic acids is 2. The second-order valence-corrected chi connectivity index (χ2v) is 7.05. The molecule has 2 fully saturated rings. The van der Waals surface area contributed by atoms with Crippen LogP contribution >= 0.6 is 11.3 Å². The van der Waals surface area contributed by atoms with Crippen LogP contribution in [-0.2, 0) is 9.59 Å². The molecule has 0 spiro atoms. The van der Waals surface area contributed by atoms with Crippen molar-refractivity contribution in [2.75, 3.05) is 18.4 Å². The molecule has 22 heavy (non-hydrogen) atoms. The summed E-state index contributed by atoms with van der Waals surface area (Å²) in [6.45, 7) is 1.38. The molecule has 1 aromatic carbocycles. The summed E-state index contributed by atoms with van der Waals surface area (Å²) in [6, 6.07) is 5.72. The number of amides is 2. The van der Waals surface area contributed by atoms with Crippen LogP contribution in [-0.4, -0.2) is 34.8 Å². The number of nitrogens with one attached hydrogen (secondary N) is 1. The Morgan fingerprint density at radius 2 is 2.27 bits per heavy atom. The van der Waals surface area contributed by atoms with E-state index in [1.165, 1.54) is 12.8 Å². The van der Waals surface area contributed by atoms with E-state index in [-0.39, 0.29) is 17.7 Å². The van der Waals surface area contributed by atoms with E-state index in [2.05, 4.69) is 10.3 Å². The fraction of sp³-hybridized carbons (Fsp3) is 0.438. The Labute approximate surface area is 132 Å². The summed E-state index contributed by atoms with van der Waals surface area (Å²) in [7, 11) is 0. The molecule has 1 aliphatic carbocycles. The Bertz CT molecular complexity index is 738. The second kappa shape index (κ2) is 5.35. The molecule has 1 N–H and O–H groups in total. The zero-order valence-corrected chi connectivity index (χ0v) is 12.9. The number of thiazole rings is 1. The second-order valence-electron chi connectivity index (χ2n) is 6.17. The molecular formula is C16H17N3O2S. The van der Waals surface area contributed by atoms with Gasteiger partial charge in [0.1, 0.15) is 0 Å². The minimum atomic E-state index is -0.239. The summed E-state index contributed by atoms with van der Waals surface area (Å²) in [5.74, 6) is 0.471. The van der Waals surface area contributed by atoms with Crippen molar-refractivity contribution in [3.8, 4) is 0 Å². The Balaban J connectivity index is 1.42. The molecule has 0 radical (unpaired) electrons. The number of anilines is 1. The van der Waals surface area contributed by atoms with Gasteiger partial charge < -0.3 is 10.2 Å². The van der Waals surface area contributed by atoms with Crippen molar-refractivity contribution in [3.63, 3.8) is 0 Å². The number of nitrogens with zero attached hydrogens (tertiary/aromatic N) is 2. The molecule has 2 aliphatic rings. The van der Waals surface area contributed by atoms with Gasteiger partial charge in [-0.2, -0.15) is 0 Å². The van der Waals surface area contributed by atoms with Crippen molar-refractivity contribution < 1.29 is 9.59 Å². The SMILES string of the molecule is O=C(Nc1ccc2scnc2c1)[C@@H]1CC(=O)N(CC2CC2)C1. The van der Waals surface area contributed by atoms with Crippen LogP contribution < -0.4 is 5.32 Å². The highest BCUT2D eigenvalue weighted by atomic mass is 32.1. The van der Waals surface area contributed by atoms with E-state index >= 15 is 0 Å². The molecule has 1 saturated carbocycles. The minimum absolute atomic E-state index is 0.0683. The molecule has 4 rings (SSSR count). The van der Waals surface area contributed by atoms with Crippen molar-refractivity contribution >= 4 is 39.1 Å². The summed E-state index contributed by atoms with van der Waals surface area (Å²) < 4.78 is 1.10. The van der Waals surface area contributed by atoms with Crippen LogP contribution in [0.3, 0.4) is 0 Å². The highest BCUT2D eigenvalue weighted by molar-refractivity contribution is 7.16. The van der Waals surface area contributed by atoms with Gasteiger partial charge in [0.2, 0.25) is 11.8 Å². The third-order valence-electron chi connectivity index (χ3n) is 4.36. The number of benzene rings is 1. The van der Waals surface area contributed by atoms with E-state index in [1.807, 2.05) is 23.1 Å². The number of fused-ring (bicyclic) bond motifs is 1. The minimum Gasteiger partial charge on any atom is -0.342 e. The molecule has 2 heterocycles. The van der Waals surface area contributed by atoms with Gasteiger partial charge in [-0.05, 0) is 37.0 Å². The number of hydrogen-bond acceptors (Lipinski definition) is 4. The summed E-state index contributed by atoms with van der Waals surface area (Å²) in [6.07, 6.45) is 2.76. The lowest BCUT2D eigenvalue weighted by molar-refractivity contribution is -0.128.